The van der Waals surface area contributed by atoms with Gasteiger partial charge >= 0.3 is 0 Å². The predicted molar refractivity (Wildman–Crippen MR) is 92.0 cm³/mol. The summed E-state index contributed by atoms with van der Waals surface area (Å²) >= 11 is 0. The fourth-order valence-electron chi connectivity index (χ4n) is 3.99. The van der Waals surface area contributed by atoms with Crippen LogP contribution in [0, 0.1) is 5.92 Å². The highest BCUT2D eigenvalue weighted by molar-refractivity contribution is 4.95. The van der Waals surface area contributed by atoms with Crippen LogP contribution in [0.2, 0.25) is 0 Å². The Kier molecular flexibility index (Phi) is 7.66. The van der Waals surface area contributed by atoms with E-state index in [0.717, 1.165) is 26.1 Å². The van der Waals surface area contributed by atoms with Crippen LogP contribution in [0.1, 0.15) is 85.0 Å². The van der Waals surface area contributed by atoms with E-state index in [1.165, 1.54) is 51.4 Å². The molecule has 2 fully saturated rings. The molecule has 2 heterocycles. The van der Waals surface area contributed by atoms with Crippen LogP contribution in [-0.4, -0.2) is 31.1 Å². The molecule has 1 unspecified atom stereocenters. The minimum absolute atomic E-state index is 0.311. The van der Waals surface area contributed by atoms with Gasteiger partial charge in [0, 0.05) is 24.4 Å². The molecule has 130 valence electrons. The van der Waals surface area contributed by atoms with Crippen LogP contribution in [0.15, 0.2) is 0 Å². The molecule has 0 saturated carbocycles. The van der Waals surface area contributed by atoms with Gasteiger partial charge < -0.3 is 14.8 Å². The Balaban J connectivity index is 1.70. The van der Waals surface area contributed by atoms with E-state index in [9.17, 15) is 0 Å². The minimum Gasteiger partial charge on any atom is -0.349 e. The molecule has 0 aromatic carbocycles. The Labute approximate surface area is 137 Å². The number of nitrogens with one attached hydrogen (secondary N) is 1. The summed E-state index contributed by atoms with van der Waals surface area (Å²) < 4.78 is 12.3. The Bertz CT molecular complexity index is 302. The third kappa shape index (κ3) is 4.94. The second-order valence-electron chi connectivity index (χ2n) is 7.42. The van der Waals surface area contributed by atoms with Gasteiger partial charge in [0.25, 0.3) is 0 Å². The van der Waals surface area contributed by atoms with E-state index in [-0.39, 0.29) is 5.79 Å². The van der Waals surface area contributed by atoms with Crippen molar-refractivity contribution in [1.29, 1.82) is 0 Å². The predicted octanol–water partition coefficient (Wildman–Crippen LogP) is 4.65. The first-order valence-corrected chi connectivity index (χ1v) is 9.72. The van der Waals surface area contributed by atoms with Crippen molar-refractivity contribution in [3.8, 4) is 0 Å². The van der Waals surface area contributed by atoms with Crippen LogP contribution < -0.4 is 5.32 Å². The monoisotopic (exact) mass is 311 g/mol. The van der Waals surface area contributed by atoms with Crippen LogP contribution in [0.5, 0.6) is 0 Å². The average Bonchev–Trinajstić information content (AvgIpc) is 2.53. The van der Waals surface area contributed by atoms with Crippen LogP contribution in [-0.2, 0) is 9.47 Å². The summed E-state index contributed by atoms with van der Waals surface area (Å²) in [6.45, 7) is 8.56. The fourth-order valence-corrected chi connectivity index (χ4v) is 3.99. The summed E-state index contributed by atoms with van der Waals surface area (Å²) in [7, 11) is 0. The van der Waals surface area contributed by atoms with Gasteiger partial charge in [-0.05, 0) is 19.8 Å². The Morgan fingerprint density at radius 1 is 0.955 bits per heavy atom. The minimum atomic E-state index is -0.311. The molecule has 0 aliphatic carbocycles. The Morgan fingerprint density at radius 2 is 1.59 bits per heavy atom. The van der Waals surface area contributed by atoms with Crippen molar-refractivity contribution in [1.82, 2.24) is 5.32 Å². The summed E-state index contributed by atoms with van der Waals surface area (Å²) in [6, 6.07) is 1.03. The van der Waals surface area contributed by atoms with Crippen molar-refractivity contribution < 1.29 is 9.47 Å². The Hall–Kier alpha value is -0.120. The zero-order chi connectivity index (χ0) is 15.8. The first kappa shape index (κ1) is 18.2. The molecule has 2 saturated heterocycles. The molecule has 22 heavy (non-hydrogen) atoms. The fraction of sp³-hybridized carbons (Fsp3) is 1.00. The summed E-state index contributed by atoms with van der Waals surface area (Å²) in [4.78, 5) is 0. The molecule has 3 nitrogen and oxygen atoms in total. The van der Waals surface area contributed by atoms with Crippen molar-refractivity contribution in [3.05, 3.63) is 0 Å². The van der Waals surface area contributed by atoms with Crippen molar-refractivity contribution >= 4 is 0 Å². The lowest BCUT2D eigenvalue weighted by atomic mass is 9.81. The van der Waals surface area contributed by atoms with E-state index < -0.39 is 0 Å². The van der Waals surface area contributed by atoms with Gasteiger partial charge in [0.05, 0.1) is 13.2 Å². The molecule has 3 heteroatoms. The van der Waals surface area contributed by atoms with Crippen LogP contribution in [0.3, 0.4) is 0 Å². The van der Waals surface area contributed by atoms with Gasteiger partial charge in [0.2, 0.25) is 0 Å². The summed E-state index contributed by atoms with van der Waals surface area (Å²) in [5.74, 6) is 0.118. The molecular weight excluding hydrogens is 274 g/mol. The molecule has 3 atom stereocenters. The summed E-state index contributed by atoms with van der Waals surface area (Å²) in [5.41, 5.74) is 0. The number of rotatable bonds is 8. The standard InChI is InChI=1S/C19H37NO2/c1-4-5-6-7-8-9-10-12-18-15-19(16(2)17(3)20-18)21-13-11-14-22-19/h16-18,20H,4-15H2,1-3H3/t16?,17-,18+/m0/s1. The van der Waals surface area contributed by atoms with Gasteiger partial charge in [0.1, 0.15) is 0 Å². The zero-order valence-electron chi connectivity index (χ0n) is 15.0. The molecule has 0 amide bonds. The first-order chi connectivity index (χ1) is 10.7. The van der Waals surface area contributed by atoms with E-state index >= 15 is 0 Å². The smallest absolute Gasteiger partial charge is 0.173 e. The second kappa shape index (κ2) is 9.24. The maximum absolute atomic E-state index is 6.13. The van der Waals surface area contributed by atoms with Gasteiger partial charge in [-0.25, -0.2) is 0 Å². The molecule has 0 bridgehead atoms. The molecule has 2 rings (SSSR count). The average molecular weight is 312 g/mol. The quantitative estimate of drug-likeness (QED) is 0.662. The van der Waals surface area contributed by atoms with Gasteiger partial charge in [-0.2, -0.15) is 0 Å². The summed E-state index contributed by atoms with van der Waals surface area (Å²) in [5, 5.41) is 3.79. The third-order valence-electron chi connectivity index (χ3n) is 5.61. The molecule has 2 aliphatic rings. The van der Waals surface area contributed by atoms with E-state index in [0.29, 0.717) is 18.0 Å². The topological polar surface area (TPSA) is 30.5 Å². The number of ether oxygens (including phenoxy) is 2. The number of hydrogen-bond acceptors (Lipinski definition) is 3. The molecule has 1 spiro atoms. The van der Waals surface area contributed by atoms with E-state index in [1.807, 2.05) is 0 Å². The number of piperidine rings is 1. The van der Waals surface area contributed by atoms with Gasteiger partial charge in [-0.1, -0.05) is 58.8 Å². The van der Waals surface area contributed by atoms with E-state index in [4.69, 9.17) is 9.47 Å². The third-order valence-corrected chi connectivity index (χ3v) is 5.61. The lowest BCUT2D eigenvalue weighted by Gasteiger charge is -2.50. The largest absolute Gasteiger partial charge is 0.349 e. The highest BCUT2D eigenvalue weighted by Gasteiger charge is 2.47. The van der Waals surface area contributed by atoms with Gasteiger partial charge in [-0.15, -0.1) is 0 Å². The highest BCUT2D eigenvalue weighted by Crippen LogP contribution is 2.38. The first-order valence-electron chi connectivity index (χ1n) is 9.72. The van der Waals surface area contributed by atoms with Gasteiger partial charge in [0.15, 0.2) is 5.79 Å². The normalized spacial score (nSPS) is 31.5. The SMILES string of the molecule is CCCCCCCCC[C@@H]1CC2(OCCCO2)C(C)[C@H](C)N1. The molecule has 1 N–H and O–H groups in total. The number of unbranched alkanes of at least 4 members (excludes halogenated alkanes) is 6. The van der Waals surface area contributed by atoms with Crippen molar-refractivity contribution in [2.24, 2.45) is 5.92 Å². The maximum Gasteiger partial charge on any atom is 0.173 e. The van der Waals surface area contributed by atoms with Crippen molar-refractivity contribution in [3.63, 3.8) is 0 Å². The van der Waals surface area contributed by atoms with Crippen LogP contribution in [0.4, 0.5) is 0 Å². The number of hydrogen-bond donors (Lipinski definition) is 1. The molecule has 0 aromatic heterocycles. The summed E-state index contributed by atoms with van der Waals surface area (Å²) in [6.07, 6.45) is 13.0. The van der Waals surface area contributed by atoms with E-state index in [1.54, 1.807) is 0 Å². The molecular formula is C19H37NO2. The van der Waals surface area contributed by atoms with Crippen molar-refractivity contribution in [2.75, 3.05) is 13.2 Å². The molecule has 2 aliphatic heterocycles. The van der Waals surface area contributed by atoms with Gasteiger partial charge in [-0.3, -0.25) is 0 Å². The van der Waals surface area contributed by atoms with Crippen LogP contribution in [0.25, 0.3) is 0 Å². The van der Waals surface area contributed by atoms with Crippen molar-refractivity contribution in [2.45, 2.75) is 103 Å². The van der Waals surface area contributed by atoms with Crippen LogP contribution >= 0.6 is 0 Å². The highest BCUT2D eigenvalue weighted by atomic mass is 16.7. The Morgan fingerprint density at radius 3 is 2.27 bits per heavy atom. The second-order valence-corrected chi connectivity index (χ2v) is 7.42. The lowest BCUT2D eigenvalue weighted by Crippen LogP contribution is -2.61. The maximum atomic E-state index is 6.13. The molecule has 0 radical (unpaired) electrons. The van der Waals surface area contributed by atoms with E-state index in [2.05, 4.69) is 26.1 Å². The lowest BCUT2D eigenvalue weighted by molar-refractivity contribution is -0.309. The zero-order valence-corrected chi connectivity index (χ0v) is 15.0. The molecule has 0 aromatic rings.